The van der Waals surface area contributed by atoms with Crippen LogP contribution in [0.15, 0.2) is 0 Å². The van der Waals surface area contributed by atoms with Crippen LogP contribution in [0.2, 0.25) is 0 Å². The van der Waals surface area contributed by atoms with E-state index in [0.29, 0.717) is 12.8 Å². The third-order valence-corrected chi connectivity index (χ3v) is 7.44. The lowest BCUT2D eigenvalue weighted by atomic mass is 10.0. The Bertz CT molecular complexity index is 486. The average molecular weight is 523 g/mol. The molecule has 0 aliphatic carbocycles. The molecule has 0 saturated carbocycles. The van der Waals surface area contributed by atoms with Gasteiger partial charge in [-0.15, -0.1) is 0 Å². The lowest BCUT2D eigenvalue weighted by molar-refractivity contribution is 0.0667. The van der Waals surface area contributed by atoms with Gasteiger partial charge in [0, 0.05) is 0 Å². The predicted molar refractivity (Wildman–Crippen MR) is 146 cm³/mol. The van der Waals surface area contributed by atoms with E-state index in [1.807, 2.05) is 0 Å². The lowest BCUT2D eigenvalue weighted by Crippen LogP contribution is -2.23. The van der Waals surface area contributed by atoms with E-state index in [-0.39, 0.29) is 13.2 Å². The summed E-state index contributed by atoms with van der Waals surface area (Å²) >= 11 is 0. The van der Waals surface area contributed by atoms with Crippen LogP contribution < -0.4 is 0 Å². The Kier molecular flexibility index (Phi) is 25.3. The first-order valence-corrected chi connectivity index (χ1v) is 16.1. The monoisotopic (exact) mass is 522 g/mol. The van der Waals surface area contributed by atoms with Crippen LogP contribution in [-0.2, 0) is 18.8 Å². The van der Waals surface area contributed by atoms with Gasteiger partial charge < -0.3 is 10.2 Å². The lowest BCUT2D eigenvalue weighted by Gasteiger charge is -2.13. The van der Waals surface area contributed by atoms with Crippen molar-refractivity contribution in [1.29, 1.82) is 0 Å². The van der Waals surface area contributed by atoms with Gasteiger partial charge in [-0.05, 0) is 12.8 Å². The van der Waals surface area contributed by atoms with Crippen LogP contribution in [0.3, 0.4) is 0 Å². The quantitative estimate of drug-likeness (QED) is 0.103. The van der Waals surface area contributed by atoms with Crippen molar-refractivity contribution in [3.8, 4) is 0 Å². The smallest absolute Gasteiger partial charge is 0.391 e. The molecule has 2 atom stereocenters. The Morgan fingerprint density at radius 2 is 0.743 bits per heavy atom. The minimum atomic E-state index is -4.20. The molecule has 0 aromatic heterocycles. The molecule has 2 N–H and O–H groups in total. The summed E-state index contributed by atoms with van der Waals surface area (Å²) in [4.78, 5) is 0. The van der Waals surface area contributed by atoms with E-state index in [0.717, 1.165) is 38.5 Å². The Morgan fingerprint density at radius 1 is 0.486 bits per heavy atom. The number of hydrogen-bond donors (Lipinski definition) is 2. The van der Waals surface area contributed by atoms with E-state index in [1.165, 1.54) is 89.9 Å². The molecule has 212 valence electrons. The molecular weight excluding hydrogens is 464 g/mol. The van der Waals surface area contributed by atoms with Crippen LogP contribution in [0.25, 0.3) is 0 Å². The van der Waals surface area contributed by atoms with Crippen molar-refractivity contribution in [2.75, 3.05) is 13.2 Å². The fourth-order valence-corrected chi connectivity index (χ4v) is 4.97. The topological polar surface area (TPSA) is 93.1 Å². The van der Waals surface area contributed by atoms with Crippen molar-refractivity contribution in [3.63, 3.8) is 0 Å². The molecule has 6 nitrogen and oxygen atoms in total. The van der Waals surface area contributed by atoms with Crippen molar-refractivity contribution >= 4 is 10.4 Å². The van der Waals surface area contributed by atoms with Crippen LogP contribution in [0, 0.1) is 0 Å². The number of hydrogen-bond acceptors (Lipinski definition) is 6. The maximum Gasteiger partial charge on any atom is 0.400 e. The van der Waals surface area contributed by atoms with E-state index in [1.54, 1.807) is 0 Å². The Balaban J connectivity index is 3.59. The average Bonchev–Trinajstić information content (AvgIpc) is 2.84. The van der Waals surface area contributed by atoms with E-state index < -0.39 is 22.6 Å². The third-order valence-electron chi connectivity index (χ3n) is 6.59. The van der Waals surface area contributed by atoms with Gasteiger partial charge in [0.15, 0.2) is 0 Å². The highest BCUT2D eigenvalue weighted by Crippen LogP contribution is 2.14. The first-order valence-electron chi connectivity index (χ1n) is 14.8. The summed E-state index contributed by atoms with van der Waals surface area (Å²) in [5.74, 6) is 0. The molecule has 0 bridgehead atoms. The number of rotatable bonds is 28. The summed E-state index contributed by atoms with van der Waals surface area (Å²) in [7, 11) is -4.20. The van der Waals surface area contributed by atoms with Crippen molar-refractivity contribution in [2.24, 2.45) is 0 Å². The highest BCUT2D eigenvalue weighted by atomic mass is 32.3. The van der Waals surface area contributed by atoms with E-state index in [2.05, 4.69) is 13.8 Å². The van der Waals surface area contributed by atoms with Gasteiger partial charge in [0.1, 0.15) is 0 Å². The largest absolute Gasteiger partial charge is 0.400 e. The van der Waals surface area contributed by atoms with Gasteiger partial charge >= 0.3 is 10.4 Å². The molecule has 7 heteroatoms. The van der Waals surface area contributed by atoms with Crippen LogP contribution in [0.5, 0.6) is 0 Å². The van der Waals surface area contributed by atoms with Crippen molar-refractivity contribution in [3.05, 3.63) is 0 Å². The van der Waals surface area contributed by atoms with Gasteiger partial charge in [-0.3, -0.25) is 0 Å². The second-order valence-corrected chi connectivity index (χ2v) is 11.5. The normalized spacial score (nSPS) is 13.8. The molecule has 0 aromatic carbocycles. The number of aliphatic hydroxyl groups excluding tert-OH is 2. The van der Waals surface area contributed by atoms with Crippen molar-refractivity contribution in [2.45, 2.75) is 167 Å². The molecule has 0 amide bonds. The highest BCUT2D eigenvalue weighted by molar-refractivity contribution is 7.81. The minimum absolute atomic E-state index is 0.297. The molecule has 0 saturated heterocycles. The Hall–Kier alpha value is -0.210. The molecule has 0 rings (SSSR count). The summed E-state index contributed by atoms with van der Waals surface area (Å²) in [6, 6.07) is 0. The van der Waals surface area contributed by atoms with Crippen LogP contribution in [0.1, 0.15) is 155 Å². The molecule has 0 spiro atoms. The second-order valence-electron chi connectivity index (χ2n) is 10.2. The zero-order valence-corrected chi connectivity index (χ0v) is 23.9. The fraction of sp³-hybridized carbons (Fsp3) is 1.00. The molecule has 0 aliphatic heterocycles. The predicted octanol–water partition coefficient (Wildman–Crippen LogP) is 7.61. The summed E-state index contributed by atoms with van der Waals surface area (Å²) in [6.07, 6.45) is 23.7. The summed E-state index contributed by atoms with van der Waals surface area (Å²) in [5.41, 5.74) is 0. The van der Waals surface area contributed by atoms with Crippen molar-refractivity contribution in [1.82, 2.24) is 0 Å². The molecule has 0 aromatic rings. The molecular formula is C28H58O6S. The molecule has 0 aliphatic rings. The molecule has 2 unspecified atom stereocenters. The van der Waals surface area contributed by atoms with E-state index >= 15 is 0 Å². The highest BCUT2D eigenvalue weighted by Gasteiger charge is 2.17. The van der Waals surface area contributed by atoms with Crippen LogP contribution >= 0.6 is 0 Å². The standard InChI is InChI=1S/C28H58O6S/c1-3-5-7-9-11-13-15-17-19-21-23-27(29)25-33-35(31,32)34-26-28(30)24-22-20-18-16-14-12-10-8-6-4-2/h27-30H,3-26H2,1-2H3. The number of aliphatic hydroxyl groups is 2. The Morgan fingerprint density at radius 3 is 1.03 bits per heavy atom. The Labute approximate surface area is 217 Å². The van der Waals surface area contributed by atoms with E-state index in [4.69, 9.17) is 8.37 Å². The first-order chi connectivity index (χ1) is 16.9. The van der Waals surface area contributed by atoms with Gasteiger partial charge in [0.05, 0.1) is 25.4 Å². The van der Waals surface area contributed by atoms with Crippen molar-refractivity contribution < 1.29 is 27.0 Å². The van der Waals surface area contributed by atoms with Crippen LogP contribution in [-0.4, -0.2) is 44.1 Å². The first kappa shape index (κ1) is 34.8. The zero-order chi connectivity index (χ0) is 26.0. The second kappa shape index (κ2) is 25.4. The fourth-order valence-electron chi connectivity index (χ4n) is 4.26. The summed E-state index contributed by atoms with van der Waals surface area (Å²) in [5, 5.41) is 20.0. The van der Waals surface area contributed by atoms with Gasteiger partial charge in [-0.1, -0.05) is 142 Å². The summed E-state index contributed by atoms with van der Waals surface area (Å²) < 4.78 is 33.3. The van der Waals surface area contributed by atoms with Crippen LogP contribution in [0.4, 0.5) is 0 Å². The van der Waals surface area contributed by atoms with Gasteiger partial charge in [0.2, 0.25) is 0 Å². The molecule has 0 radical (unpaired) electrons. The maximum atomic E-state index is 11.9. The van der Waals surface area contributed by atoms with E-state index in [9.17, 15) is 18.6 Å². The van der Waals surface area contributed by atoms with Gasteiger partial charge in [0.25, 0.3) is 0 Å². The summed E-state index contributed by atoms with van der Waals surface area (Å²) in [6.45, 7) is 3.86. The van der Waals surface area contributed by atoms with Gasteiger partial charge in [-0.25, -0.2) is 8.37 Å². The van der Waals surface area contributed by atoms with Gasteiger partial charge in [-0.2, -0.15) is 8.42 Å². The number of unbranched alkanes of at least 4 members (excludes halogenated alkanes) is 18. The molecule has 0 fully saturated rings. The third kappa shape index (κ3) is 26.7. The zero-order valence-electron chi connectivity index (χ0n) is 23.1. The molecule has 0 heterocycles. The SMILES string of the molecule is CCCCCCCCCCCCC(O)COS(=O)(=O)OCC(O)CCCCCCCCCCCC. The minimum Gasteiger partial charge on any atom is -0.391 e. The molecule has 35 heavy (non-hydrogen) atoms. The maximum absolute atomic E-state index is 11.9.